The molecule has 0 atom stereocenters. The summed E-state index contributed by atoms with van der Waals surface area (Å²) in [6.07, 6.45) is 3.07. The number of ether oxygens (including phenoxy) is 1. The third-order valence-corrected chi connectivity index (χ3v) is 2.77. The molecule has 0 saturated heterocycles. The largest absolute Gasteiger partial charge is 0.493 e. The van der Waals surface area contributed by atoms with Crippen molar-refractivity contribution in [3.05, 3.63) is 47.9 Å². The summed E-state index contributed by atoms with van der Waals surface area (Å²) in [7, 11) is 0. The molecule has 0 unspecified atom stereocenters. The highest BCUT2D eigenvalue weighted by molar-refractivity contribution is 5.47. The van der Waals surface area contributed by atoms with E-state index in [1.165, 1.54) is 6.20 Å². The van der Waals surface area contributed by atoms with Gasteiger partial charge in [0.1, 0.15) is 11.8 Å². The molecule has 0 radical (unpaired) electrons. The molecule has 1 aromatic heterocycles. The lowest BCUT2D eigenvalue weighted by Crippen LogP contribution is -2.06. The van der Waals surface area contributed by atoms with Gasteiger partial charge in [-0.25, -0.2) is 9.97 Å². The molecule has 0 spiro atoms. The molecular weight excluding hydrogens is 264 g/mol. The molecular formula is C16H18N4O. The summed E-state index contributed by atoms with van der Waals surface area (Å²) in [6, 6.07) is 9.89. The molecule has 0 bridgehead atoms. The number of rotatable bonds is 6. The summed E-state index contributed by atoms with van der Waals surface area (Å²) in [5.74, 6) is 1.87. The fourth-order valence-corrected chi connectivity index (χ4v) is 1.70. The van der Waals surface area contributed by atoms with Crippen LogP contribution in [0.2, 0.25) is 0 Å². The van der Waals surface area contributed by atoms with E-state index in [9.17, 15) is 0 Å². The molecule has 0 saturated carbocycles. The average molecular weight is 282 g/mol. The zero-order chi connectivity index (χ0) is 15.1. The Balaban J connectivity index is 1.93. The van der Waals surface area contributed by atoms with Gasteiger partial charge in [0, 0.05) is 18.9 Å². The summed E-state index contributed by atoms with van der Waals surface area (Å²) in [6.45, 7) is 5.53. The topological polar surface area (TPSA) is 70.8 Å². The van der Waals surface area contributed by atoms with E-state index in [0.717, 1.165) is 11.3 Å². The molecule has 0 fully saturated rings. The van der Waals surface area contributed by atoms with Crippen molar-refractivity contribution in [3.63, 3.8) is 0 Å². The Morgan fingerprint density at radius 2 is 1.90 bits per heavy atom. The zero-order valence-electron chi connectivity index (χ0n) is 12.2. The monoisotopic (exact) mass is 282 g/mol. The van der Waals surface area contributed by atoms with Gasteiger partial charge in [0.15, 0.2) is 11.5 Å². The van der Waals surface area contributed by atoms with Crippen molar-refractivity contribution in [3.8, 4) is 11.8 Å². The Morgan fingerprint density at radius 1 is 1.19 bits per heavy atom. The maximum atomic E-state index is 8.95. The van der Waals surface area contributed by atoms with Crippen LogP contribution in [-0.2, 0) is 6.54 Å². The molecule has 5 nitrogen and oxygen atoms in total. The number of nitrogens with one attached hydrogen (secondary N) is 1. The molecule has 0 aliphatic rings. The highest BCUT2D eigenvalue weighted by atomic mass is 16.5. The molecule has 1 N–H and O–H groups in total. The zero-order valence-corrected chi connectivity index (χ0v) is 12.2. The van der Waals surface area contributed by atoms with Gasteiger partial charge in [-0.15, -0.1) is 0 Å². The number of benzene rings is 1. The van der Waals surface area contributed by atoms with Crippen molar-refractivity contribution in [2.75, 3.05) is 11.9 Å². The normalized spacial score (nSPS) is 10.2. The Labute approximate surface area is 124 Å². The second-order valence-corrected chi connectivity index (χ2v) is 5.07. The molecule has 1 aromatic carbocycles. The van der Waals surface area contributed by atoms with Gasteiger partial charge < -0.3 is 10.1 Å². The fourth-order valence-electron chi connectivity index (χ4n) is 1.70. The Bertz CT molecular complexity index is 617. The first-order chi connectivity index (χ1) is 10.2. The Morgan fingerprint density at radius 3 is 2.57 bits per heavy atom. The van der Waals surface area contributed by atoms with Gasteiger partial charge in [0.25, 0.3) is 0 Å². The van der Waals surface area contributed by atoms with Crippen LogP contribution in [0.5, 0.6) is 5.75 Å². The van der Waals surface area contributed by atoms with Crippen LogP contribution in [0.15, 0.2) is 36.7 Å². The fraction of sp³-hybridized carbons (Fsp3) is 0.312. The molecule has 108 valence electrons. The minimum atomic E-state index is 0.300. The SMILES string of the molecule is CC(C)COc1ccc(CNc2nccnc2C#N)cc1. The number of aromatic nitrogens is 2. The highest BCUT2D eigenvalue weighted by Gasteiger charge is 2.03. The second-order valence-electron chi connectivity index (χ2n) is 5.07. The van der Waals surface area contributed by atoms with E-state index in [1.54, 1.807) is 6.20 Å². The van der Waals surface area contributed by atoms with Crippen LogP contribution in [0.4, 0.5) is 5.82 Å². The quantitative estimate of drug-likeness (QED) is 0.882. The van der Waals surface area contributed by atoms with E-state index < -0.39 is 0 Å². The molecule has 2 aromatic rings. The van der Waals surface area contributed by atoms with Crippen LogP contribution in [0.3, 0.4) is 0 Å². The Kier molecular flexibility index (Phi) is 5.10. The van der Waals surface area contributed by atoms with Crippen molar-refractivity contribution >= 4 is 5.82 Å². The lowest BCUT2D eigenvalue weighted by atomic mass is 10.2. The van der Waals surface area contributed by atoms with Crippen molar-refractivity contribution in [1.29, 1.82) is 5.26 Å². The minimum absolute atomic E-state index is 0.300. The maximum absolute atomic E-state index is 8.95. The summed E-state index contributed by atoms with van der Waals surface area (Å²) < 4.78 is 5.64. The van der Waals surface area contributed by atoms with E-state index in [1.807, 2.05) is 30.3 Å². The van der Waals surface area contributed by atoms with Crippen LogP contribution in [0.25, 0.3) is 0 Å². The van der Waals surface area contributed by atoms with Gasteiger partial charge in [-0.3, -0.25) is 0 Å². The molecule has 0 amide bonds. The number of hydrogen-bond acceptors (Lipinski definition) is 5. The van der Waals surface area contributed by atoms with E-state index in [0.29, 0.717) is 30.6 Å². The van der Waals surface area contributed by atoms with Crippen molar-refractivity contribution < 1.29 is 4.74 Å². The van der Waals surface area contributed by atoms with Gasteiger partial charge >= 0.3 is 0 Å². The first kappa shape index (κ1) is 14.8. The first-order valence-corrected chi connectivity index (χ1v) is 6.85. The van der Waals surface area contributed by atoms with Gasteiger partial charge in [-0.05, 0) is 23.6 Å². The number of anilines is 1. The smallest absolute Gasteiger partial charge is 0.182 e. The molecule has 0 aliphatic carbocycles. The average Bonchev–Trinajstić information content (AvgIpc) is 2.52. The van der Waals surface area contributed by atoms with E-state index in [-0.39, 0.29) is 0 Å². The lowest BCUT2D eigenvalue weighted by molar-refractivity contribution is 0.271. The van der Waals surface area contributed by atoms with Crippen LogP contribution in [-0.4, -0.2) is 16.6 Å². The standard InChI is InChI=1S/C16H18N4O/c1-12(2)11-21-14-5-3-13(4-6-14)10-20-16-15(9-17)18-7-8-19-16/h3-8,12H,10-11H2,1-2H3,(H,19,20). The van der Waals surface area contributed by atoms with Crippen LogP contribution in [0, 0.1) is 17.2 Å². The summed E-state index contributed by atoms with van der Waals surface area (Å²) in [5.41, 5.74) is 1.39. The highest BCUT2D eigenvalue weighted by Crippen LogP contribution is 2.15. The van der Waals surface area contributed by atoms with Gasteiger partial charge in [-0.1, -0.05) is 26.0 Å². The molecule has 2 rings (SSSR count). The number of nitrogens with zero attached hydrogens (tertiary/aromatic N) is 3. The third kappa shape index (κ3) is 4.46. The predicted octanol–water partition coefficient (Wildman–Crippen LogP) is 3.00. The molecule has 0 aliphatic heterocycles. The second kappa shape index (κ2) is 7.25. The van der Waals surface area contributed by atoms with Crippen LogP contribution in [0.1, 0.15) is 25.1 Å². The van der Waals surface area contributed by atoms with Gasteiger partial charge in [0.2, 0.25) is 0 Å². The third-order valence-electron chi connectivity index (χ3n) is 2.77. The van der Waals surface area contributed by atoms with Gasteiger partial charge in [0.05, 0.1) is 6.61 Å². The summed E-state index contributed by atoms with van der Waals surface area (Å²) in [5, 5.41) is 12.1. The first-order valence-electron chi connectivity index (χ1n) is 6.85. The molecule has 21 heavy (non-hydrogen) atoms. The lowest BCUT2D eigenvalue weighted by Gasteiger charge is -2.10. The summed E-state index contributed by atoms with van der Waals surface area (Å²) in [4.78, 5) is 8.07. The van der Waals surface area contributed by atoms with E-state index >= 15 is 0 Å². The van der Waals surface area contributed by atoms with Crippen LogP contribution >= 0.6 is 0 Å². The Hall–Kier alpha value is -2.61. The van der Waals surface area contributed by atoms with E-state index in [4.69, 9.17) is 10.00 Å². The van der Waals surface area contributed by atoms with Crippen molar-refractivity contribution in [2.45, 2.75) is 20.4 Å². The number of hydrogen-bond donors (Lipinski definition) is 1. The molecule has 1 heterocycles. The van der Waals surface area contributed by atoms with Crippen LogP contribution < -0.4 is 10.1 Å². The van der Waals surface area contributed by atoms with E-state index in [2.05, 4.69) is 29.1 Å². The van der Waals surface area contributed by atoms with Crippen molar-refractivity contribution in [1.82, 2.24) is 9.97 Å². The van der Waals surface area contributed by atoms with Crippen molar-refractivity contribution in [2.24, 2.45) is 5.92 Å². The predicted molar refractivity (Wildman–Crippen MR) is 80.8 cm³/mol. The number of nitriles is 1. The molecule has 5 heteroatoms. The summed E-state index contributed by atoms with van der Waals surface area (Å²) >= 11 is 0. The maximum Gasteiger partial charge on any atom is 0.182 e. The minimum Gasteiger partial charge on any atom is -0.493 e. The van der Waals surface area contributed by atoms with Gasteiger partial charge in [-0.2, -0.15) is 5.26 Å².